The molecular formula is C22H26N2O6S2. The van der Waals surface area contributed by atoms with Crippen molar-refractivity contribution in [3.05, 3.63) is 44.9 Å². The maximum Gasteiger partial charge on any atom is 0.309 e. The zero-order valence-corrected chi connectivity index (χ0v) is 19.6. The number of carbonyl (C=O) groups excluding carboxylic acids is 2. The highest BCUT2D eigenvalue weighted by Gasteiger charge is 2.27. The summed E-state index contributed by atoms with van der Waals surface area (Å²) in [6.07, 6.45) is 4.46. The lowest BCUT2D eigenvalue weighted by molar-refractivity contribution is -0.136. The number of thiazole rings is 1. The standard InChI is InChI=1S/C22H26N2O6S2/c1-13-7-18(22(28)14-5-3-4-6-14)15(9-19(13)24-32(2,29)30)8-17(25)11-20-23-16(12-31-20)10-21(26)27/h7,9,12,14,24H,3-6,8,10-11H2,1-2H3,(H,26,27). The van der Waals surface area contributed by atoms with Crippen LogP contribution >= 0.6 is 11.3 Å². The maximum atomic E-state index is 13.1. The third-order valence-corrected chi connectivity index (χ3v) is 6.89. The number of aliphatic carboxylic acids is 1. The molecule has 1 aromatic heterocycles. The van der Waals surface area contributed by atoms with Crippen LogP contribution in [0.5, 0.6) is 0 Å². The van der Waals surface area contributed by atoms with Crippen LogP contribution < -0.4 is 4.72 Å². The summed E-state index contributed by atoms with van der Waals surface area (Å²) in [4.78, 5) is 41.0. The molecule has 8 nitrogen and oxygen atoms in total. The number of hydrogen-bond acceptors (Lipinski definition) is 7. The molecule has 0 atom stereocenters. The van der Waals surface area contributed by atoms with Gasteiger partial charge in [0.15, 0.2) is 5.78 Å². The third kappa shape index (κ3) is 6.46. The van der Waals surface area contributed by atoms with Crippen LogP contribution in [0.4, 0.5) is 5.69 Å². The van der Waals surface area contributed by atoms with Crippen LogP contribution in [0.3, 0.4) is 0 Å². The van der Waals surface area contributed by atoms with Crippen molar-refractivity contribution in [2.24, 2.45) is 5.92 Å². The van der Waals surface area contributed by atoms with Gasteiger partial charge in [0.05, 0.1) is 30.5 Å². The molecule has 172 valence electrons. The first-order valence-corrected chi connectivity index (χ1v) is 13.1. The van der Waals surface area contributed by atoms with Gasteiger partial charge in [-0.05, 0) is 43.0 Å². The first-order valence-electron chi connectivity index (χ1n) is 10.3. The van der Waals surface area contributed by atoms with E-state index in [9.17, 15) is 22.8 Å². The topological polar surface area (TPSA) is 130 Å². The number of ketones is 2. The van der Waals surface area contributed by atoms with Gasteiger partial charge in [0, 0.05) is 23.3 Å². The van der Waals surface area contributed by atoms with E-state index in [1.54, 1.807) is 24.4 Å². The van der Waals surface area contributed by atoms with E-state index in [1.807, 2.05) is 0 Å². The lowest BCUT2D eigenvalue weighted by Crippen LogP contribution is -2.18. The number of carboxylic acid groups (broad SMARTS) is 1. The van der Waals surface area contributed by atoms with Gasteiger partial charge in [-0.2, -0.15) is 0 Å². The molecule has 0 radical (unpaired) electrons. The number of Topliss-reactive ketones (excluding diaryl/α,β-unsaturated/α-hetero) is 2. The summed E-state index contributed by atoms with van der Waals surface area (Å²) in [5.41, 5.74) is 2.32. The summed E-state index contributed by atoms with van der Waals surface area (Å²) in [5, 5.41) is 11.0. The fourth-order valence-corrected chi connectivity index (χ4v) is 5.40. The minimum atomic E-state index is -3.53. The van der Waals surface area contributed by atoms with Gasteiger partial charge in [0.1, 0.15) is 10.8 Å². The number of aromatic nitrogens is 1. The average molecular weight is 479 g/mol. The van der Waals surface area contributed by atoms with Gasteiger partial charge in [0.2, 0.25) is 10.0 Å². The number of anilines is 1. The van der Waals surface area contributed by atoms with Gasteiger partial charge in [-0.15, -0.1) is 11.3 Å². The molecule has 1 aliphatic rings. The Morgan fingerprint density at radius 3 is 2.47 bits per heavy atom. The normalized spacial score (nSPS) is 14.4. The third-order valence-electron chi connectivity index (χ3n) is 5.40. The Balaban J connectivity index is 1.86. The molecule has 1 heterocycles. The second-order valence-electron chi connectivity index (χ2n) is 8.24. The molecule has 3 rings (SSSR count). The van der Waals surface area contributed by atoms with Gasteiger partial charge in [-0.1, -0.05) is 12.8 Å². The number of carbonyl (C=O) groups is 3. The van der Waals surface area contributed by atoms with Crippen LogP contribution in [0.25, 0.3) is 0 Å². The predicted octanol–water partition coefficient (Wildman–Crippen LogP) is 3.18. The fraction of sp³-hybridized carbons (Fsp3) is 0.455. The predicted molar refractivity (Wildman–Crippen MR) is 122 cm³/mol. The monoisotopic (exact) mass is 478 g/mol. The van der Waals surface area contributed by atoms with E-state index in [0.29, 0.717) is 33.1 Å². The second kappa shape index (κ2) is 9.91. The molecule has 2 N–H and O–H groups in total. The summed E-state index contributed by atoms with van der Waals surface area (Å²) < 4.78 is 25.9. The molecular weight excluding hydrogens is 452 g/mol. The molecule has 32 heavy (non-hydrogen) atoms. The number of nitrogens with zero attached hydrogens (tertiary/aromatic N) is 1. The Morgan fingerprint density at radius 1 is 1.16 bits per heavy atom. The molecule has 1 aromatic carbocycles. The van der Waals surface area contributed by atoms with Gasteiger partial charge in [-0.25, -0.2) is 13.4 Å². The highest BCUT2D eigenvalue weighted by atomic mass is 32.2. The Labute approximate surface area is 191 Å². The quantitative estimate of drug-likeness (QED) is 0.502. The minimum absolute atomic E-state index is 0.00250. The summed E-state index contributed by atoms with van der Waals surface area (Å²) in [6.45, 7) is 1.73. The first-order chi connectivity index (χ1) is 15.0. The smallest absolute Gasteiger partial charge is 0.309 e. The van der Waals surface area contributed by atoms with E-state index in [2.05, 4.69) is 9.71 Å². The number of carboxylic acids is 1. The number of sulfonamides is 1. The molecule has 0 amide bonds. The van der Waals surface area contributed by atoms with E-state index < -0.39 is 16.0 Å². The highest BCUT2D eigenvalue weighted by molar-refractivity contribution is 7.92. The zero-order chi connectivity index (χ0) is 23.5. The number of aryl methyl sites for hydroxylation is 1. The van der Waals surface area contributed by atoms with Crippen molar-refractivity contribution in [1.29, 1.82) is 0 Å². The van der Waals surface area contributed by atoms with E-state index in [4.69, 9.17) is 5.11 Å². The van der Waals surface area contributed by atoms with E-state index in [0.717, 1.165) is 31.9 Å². The Morgan fingerprint density at radius 2 is 1.84 bits per heavy atom. The van der Waals surface area contributed by atoms with E-state index in [1.165, 1.54) is 11.3 Å². The van der Waals surface area contributed by atoms with Gasteiger partial charge < -0.3 is 5.11 Å². The summed E-state index contributed by atoms with van der Waals surface area (Å²) >= 11 is 1.22. The summed E-state index contributed by atoms with van der Waals surface area (Å²) in [7, 11) is -3.53. The lowest BCUT2D eigenvalue weighted by atomic mass is 9.89. The van der Waals surface area contributed by atoms with Crippen molar-refractivity contribution in [2.45, 2.75) is 51.9 Å². The molecule has 1 aliphatic carbocycles. The van der Waals surface area contributed by atoms with E-state index in [-0.39, 0.29) is 36.7 Å². The van der Waals surface area contributed by atoms with Crippen LogP contribution in [0.15, 0.2) is 17.5 Å². The second-order valence-corrected chi connectivity index (χ2v) is 10.9. The van der Waals surface area contributed by atoms with Crippen molar-refractivity contribution in [3.8, 4) is 0 Å². The molecule has 2 aromatic rings. The van der Waals surface area contributed by atoms with E-state index >= 15 is 0 Å². The van der Waals surface area contributed by atoms with Crippen LogP contribution in [0, 0.1) is 12.8 Å². The Bertz CT molecular complexity index is 1150. The van der Waals surface area contributed by atoms with Crippen molar-refractivity contribution >= 4 is 44.6 Å². The molecule has 0 aliphatic heterocycles. The van der Waals surface area contributed by atoms with Crippen molar-refractivity contribution < 1.29 is 27.9 Å². The largest absolute Gasteiger partial charge is 0.481 e. The maximum absolute atomic E-state index is 13.1. The number of rotatable bonds is 10. The molecule has 1 saturated carbocycles. The Hall–Kier alpha value is -2.59. The van der Waals surface area contributed by atoms with Crippen LogP contribution in [-0.2, 0) is 38.9 Å². The summed E-state index contributed by atoms with van der Waals surface area (Å²) in [6, 6.07) is 3.25. The number of nitrogens with one attached hydrogen (secondary N) is 1. The van der Waals surface area contributed by atoms with Crippen molar-refractivity contribution in [2.75, 3.05) is 11.0 Å². The van der Waals surface area contributed by atoms with Crippen molar-refractivity contribution in [3.63, 3.8) is 0 Å². The fourth-order valence-electron chi connectivity index (χ4n) is 3.96. The van der Waals surface area contributed by atoms with Crippen LogP contribution in [0.1, 0.15) is 57.9 Å². The molecule has 0 bridgehead atoms. The molecule has 10 heteroatoms. The van der Waals surface area contributed by atoms with Crippen LogP contribution in [-0.4, -0.2) is 42.3 Å². The minimum Gasteiger partial charge on any atom is -0.481 e. The molecule has 0 spiro atoms. The Kier molecular flexibility index (Phi) is 7.45. The molecule has 1 fully saturated rings. The number of benzene rings is 1. The lowest BCUT2D eigenvalue weighted by Gasteiger charge is -2.17. The van der Waals surface area contributed by atoms with Gasteiger partial charge in [0.25, 0.3) is 0 Å². The van der Waals surface area contributed by atoms with Gasteiger partial charge in [-0.3, -0.25) is 19.1 Å². The molecule has 0 saturated heterocycles. The summed E-state index contributed by atoms with van der Waals surface area (Å²) in [5.74, 6) is -1.25. The SMILES string of the molecule is Cc1cc(C(=O)C2CCCC2)c(CC(=O)Cc2nc(CC(=O)O)cs2)cc1NS(C)(=O)=O. The zero-order valence-electron chi connectivity index (χ0n) is 18.0. The number of hydrogen-bond donors (Lipinski definition) is 2. The highest BCUT2D eigenvalue weighted by Crippen LogP contribution is 2.31. The van der Waals surface area contributed by atoms with Crippen molar-refractivity contribution in [1.82, 2.24) is 4.98 Å². The molecule has 0 unspecified atom stereocenters. The first kappa shape index (κ1) is 24.1. The average Bonchev–Trinajstić information content (AvgIpc) is 3.34. The van der Waals surface area contributed by atoms with Gasteiger partial charge >= 0.3 is 5.97 Å². The van der Waals surface area contributed by atoms with Crippen LogP contribution in [0.2, 0.25) is 0 Å².